The molecule has 2 rings (SSSR count). The number of ether oxygens (including phenoxy) is 1. The first kappa shape index (κ1) is 15.4. The Kier molecular flexibility index (Phi) is 5.15. The van der Waals surface area contributed by atoms with Crippen molar-refractivity contribution >= 4 is 10.0 Å². The minimum atomic E-state index is -3.63. The van der Waals surface area contributed by atoms with Crippen molar-refractivity contribution in [1.29, 1.82) is 0 Å². The third-order valence-corrected chi connectivity index (χ3v) is 4.69. The van der Waals surface area contributed by atoms with Crippen LogP contribution in [0.2, 0.25) is 0 Å². The highest BCUT2D eigenvalue weighted by Crippen LogP contribution is 2.21. The van der Waals surface area contributed by atoms with E-state index in [0.717, 1.165) is 31.2 Å². The van der Waals surface area contributed by atoms with Gasteiger partial charge in [0.2, 0.25) is 10.0 Å². The highest BCUT2D eigenvalue weighted by atomic mass is 32.2. The molecule has 0 radical (unpaired) electrons. The first-order valence-electron chi connectivity index (χ1n) is 6.87. The molecule has 1 saturated carbocycles. The molecule has 0 aliphatic heterocycles. The Hall–Kier alpha value is -0.950. The van der Waals surface area contributed by atoms with E-state index >= 15 is 0 Å². The van der Waals surface area contributed by atoms with Crippen LogP contribution in [-0.4, -0.2) is 27.7 Å². The number of methoxy groups -OCH3 is 1. The summed E-state index contributed by atoms with van der Waals surface area (Å²) in [6.45, 7) is 0.643. The third-order valence-electron chi connectivity index (χ3n) is 3.78. The molecule has 1 aromatic rings. The summed E-state index contributed by atoms with van der Waals surface area (Å²) in [5.74, 6) is 0. The molecule has 0 amide bonds. The highest BCUT2D eigenvalue weighted by molar-refractivity contribution is 7.89. The maximum absolute atomic E-state index is 11.3. The maximum atomic E-state index is 11.3. The molecule has 112 valence electrons. The van der Waals surface area contributed by atoms with E-state index in [1.165, 1.54) is 6.07 Å². The second kappa shape index (κ2) is 6.67. The molecule has 1 aliphatic carbocycles. The molecule has 6 heteroatoms. The van der Waals surface area contributed by atoms with Gasteiger partial charge in [0.1, 0.15) is 0 Å². The number of sulfonamides is 1. The van der Waals surface area contributed by atoms with Crippen molar-refractivity contribution in [2.24, 2.45) is 5.14 Å². The lowest BCUT2D eigenvalue weighted by Crippen LogP contribution is -2.36. The Bertz CT molecular complexity index is 545. The molecule has 2 unspecified atom stereocenters. The van der Waals surface area contributed by atoms with Crippen molar-refractivity contribution < 1.29 is 13.2 Å². The van der Waals surface area contributed by atoms with Crippen LogP contribution in [-0.2, 0) is 21.3 Å². The number of nitrogens with two attached hydrogens (primary N) is 1. The van der Waals surface area contributed by atoms with Gasteiger partial charge in [0.05, 0.1) is 11.0 Å². The number of rotatable bonds is 5. The van der Waals surface area contributed by atoms with E-state index in [1.807, 2.05) is 6.07 Å². The summed E-state index contributed by atoms with van der Waals surface area (Å²) in [6, 6.07) is 7.18. The summed E-state index contributed by atoms with van der Waals surface area (Å²) in [7, 11) is -1.88. The molecule has 3 N–H and O–H groups in total. The van der Waals surface area contributed by atoms with Gasteiger partial charge in [-0.05, 0) is 43.4 Å². The molecular formula is C14H22N2O3S. The Morgan fingerprint density at radius 3 is 2.90 bits per heavy atom. The predicted octanol–water partition coefficient (Wildman–Crippen LogP) is 1.38. The largest absolute Gasteiger partial charge is 0.381 e. The van der Waals surface area contributed by atoms with Crippen LogP contribution in [0.1, 0.15) is 31.2 Å². The number of hydrogen-bond acceptors (Lipinski definition) is 4. The SMILES string of the molecule is COC1CCCC(NCc2cccc(S(N)(=O)=O)c2)C1. The second-order valence-electron chi connectivity index (χ2n) is 5.29. The fourth-order valence-corrected chi connectivity index (χ4v) is 3.22. The molecule has 5 nitrogen and oxygen atoms in total. The van der Waals surface area contributed by atoms with Crippen LogP contribution >= 0.6 is 0 Å². The van der Waals surface area contributed by atoms with Crippen molar-refractivity contribution in [1.82, 2.24) is 5.32 Å². The molecule has 0 spiro atoms. The molecule has 1 aliphatic rings. The third kappa shape index (κ3) is 4.28. The Balaban J connectivity index is 1.94. The molecule has 1 fully saturated rings. The summed E-state index contributed by atoms with van der Waals surface area (Å²) in [6.07, 6.45) is 4.75. The molecule has 0 saturated heterocycles. The van der Waals surface area contributed by atoms with Gasteiger partial charge in [0.25, 0.3) is 0 Å². The normalized spacial score (nSPS) is 23.7. The first-order chi connectivity index (χ1) is 9.49. The number of hydrogen-bond donors (Lipinski definition) is 2. The van der Waals surface area contributed by atoms with Crippen LogP contribution < -0.4 is 10.5 Å². The summed E-state index contributed by atoms with van der Waals surface area (Å²) in [5, 5.41) is 8.60. The molecule has 0 aromatic heterocycles. The van der Waals surface area contributed by atoms with Gasteiger partial charge in [0, 0.05) is 19.7 Å². The van der Waals surface area contributed by atoms with E-state index in [2.05, 4.69) is 5.32 Å². The molecule has 2 atom stereocenters. The van der Waals surface area contributed by atoms with Crippen molar-refractivity contribution in [3.63, 3.8) is 0 Å². The first-order valence-corrected chi connectivity index (χ1v) is 8.41. The lowest BCUT2D eigenvalue weighted by molar-refractivity contribution is 0.0586. The van der Waals surface area contributed by atoms with Crippen LogP contribution in [0.4, 0.5) is 0 Å². The van der Waals surface area contributed by atoms with Crippen LogP contribution in [0.5, 0.6) is 0 Å². The molecule has 0 bridgehead atoms. The van der Waals surface area contributed by atoms with Crippen molar-refractivity contribution in [3.05, 3.63) is 29.8 Å². The highest BCUT2D eigenvalue weighted by Gasteiger charge is 2.21. The van der Waals surface area contributed by atoms with Gasteiger partial charge in [-0.2, -0.15) is 0 Å². The Labute approximate surface area is 120 Å². The predicted molar refractivity (Wildman–Crippen MR) is 77.7 cm³/mol. The van der Waals surface area contributed by atoms with Crippen molar-refractivity contribution in [2.75, 3.05) is 7.11 Å². The van der Waals surface area contributed by atoms with Crippen LogP contribution in [0.3, 0.4) is 0 Å². The monoisotopic (exact) mass is 298 g/mol. The lowest BCUT2D eigenvalue weighted by atomic mass is 9.92. The van der Waals surface area contributed by atoms with Gasteiger partial charge < -0.3 is 10.1 Å². The van der Waals surface area contributed by atoms with E-state index < -0.39 is 10.0 Å². The fraction of sp³-hybridized carbons (Fsp3) is 0.571. The van der Waals surface area contributed by atoms with Gasteiger partial charge in [-0.1, -0.05) is 12.1 Å². The van der Waals surface area contributed by atoms with Gasteiger partial charge in [-0.15, -0.1) is 0 Å². The molecule has 0 heterocycles. The van der Waals surface area contributed by atoms with Crippen LogP contribution in [0.15, 0.2) is 29.2 Å². The average molecular weight is 298 g/mol. The zero-order chi connectivity index (χ0) is 14.6. The van der Waals surface area contributed by atoms with Crippen molar-refractivity contribution in [2.45, 2.75) is 49.3 Å². The Morgan fingerprint density at radius 1 is 1.40 bits per heavy atom. The lowest BCUT2D eigenvalue weighted by Gasteiger charge is -2.29. The van der Waals surface area contributed by atoms with E-state index in [0.29, 0.717) is 18.7 Å². The van der Waals surface area contributed by atoms with Crippen LogP contribution in [0, 0.1) is 0 Å². The Morgan fingerprint density at radius 2 is 2.20 bits per heavy atom. The molecule has 1 aromatic carbocycles. The van der Waals surface area contributed by atoms with Gasteiger partial charge in [-0.25, -0.2) is 13.6 Å². The summed E-state index contributed by atoms with van der Waals surface area (Å²) in [5.41, 5.74) is 0.927. The van der Waals surface area contributed by atoms with E-state index in [1.54, 1.807) is 19.2 Å². The van der Waals surface area contributed by atoms with Gasteiger partial charge >= 0.3 is 0 Å². The quantitative estimate of drug-likeness (QED) is 0.860. The minimum absolute atomic E-state index is 0.162. The number of nitrogens with one attached hydrogen (secondary N) is 1. The van der Waals surface area contributed by atoms with E-state index in [4.69, 9.17) is 9.88 Å². The summed E-state index contributed by atoms with van der Waals surface area (Å²) in [4.78, 5) is 0.162. The van der Waals surface area contributed by atoms with Crippen LogP contribution in [0.25, 0.3) is 0 Å². The number of benzene rings is 1. The summed E-state index contributed by atoms with van der Waals surface area (Å²) < 4.78 is 28.0. The smallest absolute Gasteiger partial charge is 0.238 e. The average Bonchev–Trinajstić information content (AvgIpc) is 2.45. The van der Waals surface area contributed by atoms with E-state index in [9.17, 15) is 8.42 Å². The maximum Gasteiger partial charge on any atom is 0.238 e. The topological polar surface area (TPSA) is 81.4 Å². The van der Waals surface area contributed by atoms with Crippen molar-refractivity contribution in [3.8, 4) is 0 Å². The molecular weight excluding hydrogens is 276 g/mol. The zero-order valence-corrected chi connectivity index (χ0v) is 12.5. The fourth-order valence-electron chi connectivity index (χ4n) is 2.64. The second-order valence-corrected chi connectivity index (χ2v) is 6.86. The van der Waals surface area contributed by atoms with Gasteiger partial charge in [-0.3, -0.25) is 0 Å². The molecule has 20 heavy (non-hydrogen) atoms. The van der Waals surface area contributed by atoms with E-state index in [-0.39, 0.29) is 4.90 Å². The standard InChI is InChI=1S/C14H22N2O3S/c1-19-13-6-3-5-12(9-13)16-10-11-4-2-7-14(8-11)20(15,17)18/h2,4,7-8,12-13,16H,3,5-6,9-10H2,1H3,(H2,15,17,18). The number of primary sulfonamides is 1. The zero-order valence-electron chi connectivity index (χ0n) is 11.7. The van der Waals surface area contributed by atoms with Gasteiger partial charge in [0.15, 0.2) is 0 Å². The minimum Gasteiger partial charge on any atom is -0.381 e. The summed E-state index contributed by atoms with van der Waals surface area (Å²) >= 11 is 0.